The molecule has 0 spiro atoms. The quantitative estimate of drug-likeness (QED) is 0.726. The molecule has 0 aromatic heterocycles. The zero-order chi connectivity index (χ0) is 11.7. The van der Waals surface area contributed by atoms with Crippen molar-refractivity contribution in [2.75, 3.05) is 11.5 Å². The van der Waals surface area contributed by atoms with Gasteiger partial charge in [-0.1, -0.05) is 20.8 Å². The van der Waals surface area contributed by atoms with Crippen molar-refractivity contribution in [2.45, 2.75) is 39.7 Å². The predicted molar refractivity (Wildman–Crippen MR) is 59.3 cm³/mol. The molecule has 1 atom stereocenters. The number of sulfone groups is 1. The molecule has 0 saturated carbocycles. The Labute approximate surface area is 91.4 Å². The standard InChI is InChI=1S/C10H19NO3S/c1-10(2,3)9(12)11-8-5-4-6-15(13,14)7-8/h8H,4-7H2,1-3H3,(H,11,12). The maximum Gasteiger partial charge on any atom is 0.225 e. The van der Waals surface area contributed by atoms with E-state index in [2.05, 4.69) is 5.32 Å². The molecule has 1 rings (SSSR count). The lowest BCUT2D eigenvalue weighted by Crippen LogP contribution is -2.47. The second-order valence-corrected chi connectivity index (χ2v) is 7.41. The first-order valence-corrected chi connectivity index (χ1v) is 7.04. The highest BCUT2D eigenvalue weighted by Crippen LogP contribution is 2.16. The van der Waals surface area contributed by atoms with Gasteiger partial charge in [-0.05, 0) is 12.8 Å². The van der Waals surface area contributed by atoms with Crippen LogP contribution in [-0.2, 0) is 14.6 Å². The molecular weight excluding hydrogens is 214 g/mol. The van der Waals surface area contributed by atoms with Crippen molar-refractivity contribution in [1.82, 2.24) is 5.32 Å². The molecule has 0 aromatic rings. The van der Waals surface area contributed by atoms with Gasteiger partial charge in [0.15, 0.2) is 9.84 Å². The molecule has 1 heterocycles. The SMILES string of the molecule is CC(C)(C)C(=O)NC1CCCS(=O)(=O)C1. The van der Waals surface area contributed by atoms with Crippen LogP contribution in [0.2, 0.25) is 0 Å². The Hall–Kier alpha value is -0.580. The van der Waals surface area contributed by atoms with Gasteiger partial charge in [-0.2, -0.15) is 0 Å². The summed E-state index contributed by atoms with van der Waals surface area (Å²) in [4.78, 5) is 11.6. The van der Waals surface area contributed by atoms with Gasteiger partial charge >= 0.3 is 0 Å². The van der Waals surface area contributed by atoms with E-state index in [0.717, 1.165) is 6.42 Å². The Morgan fingerprint density at radius 3 is 2.40 bits per heavy atom. The minimum absolute atomic E-state index is 0.0791. The number of hydrogen-bond acceptors (Lipinski definition) is 3. The fourth-order valence-corrected chi connectivity index (χ4v) is 3.17. The third-order valence-corrected chi connectivity index (χ3v) is 4.30. The Morgan fingerprint density at radius 2 is 1.93 bits per heavy atom. The van der Waals surface area contributed by atoms with Gasteiger partial charge in [-0.25, -0.2) is 8.42 Å². The van der Waals surface area contributed by atoms with Crippen molar-refractivity contribution in [3.05, 3.63) is 0 Å². The molecule has 4 nitrogen and oxygen atoms in total. The highest BCUT2D eigenvalue weighted by atomic mass is 32.2. The zero-order valence-electron chi connectivity index (χ0n) is 9.54. The maximum absolute atomic E-state index is 11.6. The van der Waals surface area contributed by atoms with E-state index >= 15 is 0 Å². The number of rotatable bonds is 1. The summed E-state index contributed by atoms with van der Waals surface area (Å²) in [5.74, 6) is 0.272. The molecule has 1 aliphatic rings. The first-order chi connectivity index (χ1) is 6.71. The van der Waals surface area contributed by atoms with Crippen LogP contribution in [0.5, 0.6) is 0 Å². The molecule has 1 amide bonds. The molecule has 15 heavy (non-hydrogen) atoms. The van der Waals surface area contributed by atoms with E-state index in [0.29, 0.717) is 6.42 Å². The highest BCUT2D eigenvalue weighted by Gasteiger charge is 2.29. The fraction of sp³-hybridized carbons (Fsp3) is 0.900. The van der Waals surface area contributed by atoms with E-state index in [1.807, 2.05) is 20.8 Å². The lowest BCUT2D eigenvalue weighted by atomic mass is 9.95. The van der Waals surface area contributed by atoms with E-state index in [1.54, 1.807) is 0 Å². The largest absolute Gasteiger partial charge is 0.352 e. The topological polar surface area (TPSA) is 63.2 Å². The van der Waals surface area contributed by atoms with Crippen LogP contribution in [0, 0.1) is 5.41 Å². The first-order valence-electron chi connectivity index (χ1n) is 5.22. The number of carbonyl (C=O) groups is 1. The van der Waals surface area contributed by atoms with E-state index in [-0.39, 0.29) is 23.5 Å². The van der Waals surface area contributed by atoms with Crippen LogP contribution in [0.15, 0.2) is 0 Å². The summed E-state index contributed by atoms with van der Waals surface area (Å²) in [6.45, 7) is 5.46. The molecule has 5 heteroatoms. The number of amides is 1. The molecule has 0 aliphatic carbocycles. The summed E-state index contributed by atoms with van der Waals surface area (Å²) < 4.78 is 22.7. The molecule has 0 radical (unpaired) electrons. The Balaban J connectivity index is 2.57. The van der Waals surface area contributed by atoms with Gasteiger partial charge in [0.2, 0.25) is 5.91 Å². The smallest absolute Gasteiger partial charge is 0.225 e. The molecule has 1 saturated heterocycles. The summed E-state index contributed by atoms with van der Waals surface area (Å²) in [6, 6.07) is -0.199. The third kappa shape index (κ3) is 3.81. The van der Waals surface area contributed by atoms with Gasteiger partial charge < -0.3 is 5.32 Å². The van der Waals surface area contributed by atoms with Gasteiger partial charge in [-0.3, -0.25) is 4.79 Å². The van der Waals surface area contributed by atoms with Crippen LogP contribution in [0.1, 0.15) is 33.6 Å². The van der Waals surface area contributed by atoms with Crippen LogP contribution in [0.25, 0.3) is 0 Å². The van der Waals surface area contributed by atoms with E-state index in [1.165, 1.54) is 0 Å². The van der Waals surface area contributed by atoms with Gasteiger partial charge in [0, 0.05) is 11.5 Å². The van der Waals surface area contributed by atoms with Crippen LogP contribution in [0.4, 0.5) is 0 Å². The molecule has 1 aliphatic heterocycles. The zero-order valence-corrected chi connectivity index (χ0v) is 10.4. The monoisotopic (exact) mass is 233 g/mol. The second-order valence-electron chi connectivity index (χ2n) is 5.18. The highest BCUT2D eigenvalue weighted by molar-refractivity contribution is 7.91. The summed E-state index contributed by atoms with van der Waals surface area (Å²) in [5.41, 5.74) is -0.457. The Morgan fingerprint density at radius 1 is 1.33 bits per heavy atom. The van der Waals surface area contributed by atoms with Gasteiger partial charge in [0.25, 0.3) is 0 Å². The fourth-order valence-electron chi connectivity index (χ4n) is 1.54. The van der Waals surface area contributed by atoms with Gasteiger partial charge in [-0.15, -0.1) is 0 Å². The molecule has 1 fully saturated rings. The van der Waals surface area contributed by atoms with Crippen molar-refractivity contribution < 1.29 is 13.2 Å². The minimum Gasteiger partial charge on any atom is -0.352 e. The lowest BCUT2D eigenvalue weighted by molar-refractivity contribution is -0.129. The van der Waals surface area contributed by atoms with Crippen molar-refractivity contribution in [3.63, 3.8) is 0 Å². The number of hydrogen-bond donors (Lipinski definition) is 1. The van der Waals surface area contributed by atoms with Crippen LogP contribution in [0.3, 0.4) is 0 Å². The Kier molecular flexibility index (Phi) is 3.43. The maximum atomic E-state index is 11.6. The van der Waals surface area contributed by atoms with Crippen molar-refractivity contribution >= 4 is 15.7 Å². The van der Waals surface area contributed by atoms with Gasteiger partial charge in [0.1, 0.15) is 0 Å². The molecule has 1 N–H and O–H groups in total. The third-order valence-electron chi connectivity index (χ3n) is 2.48. The molecular formula is C10H19NO3S. The summed E-state index contributed by atoms with van der Waals surface area (Å²) in [6.07, 6.45) is 1.42. The molecule has 1 unspecified atom stereocenters. The molecule has 0 bridgehead atoms. The summed E-state index contributed by atoms with van der Waals surface area (Å²) >= 11 is 0. The van der Waals surface area contributed by atoms with Crippen LogP contribution in [-0.4, -0.2) is 31.9 Å². The van der Waals surface area contributed by atoms with Crippen LogP contribution >= 0.6 is 0 Å². The van der Waals surface area contributed by atoms with E-state index in [4.69, 9.17) is 0 Å². The number of carbonyl (C=O) groups excluding carboxylic acids is 1. The summed E-state index contributed by atoms with van der Waals surface area (Å²) in [7, 11) is -2.94. The van der Waals surface area contributed by atoms with Gasteiger partial charge in [0.05, 0.1) is 11.5 Å². The van der Waals surface area contributed by atoms with Crippen molar-refractivity contribution in [3.8, 4) is 0 Å². The molecule has 0 aromatic carbocycles. The number of nitrogens with one attached hydrogen (secondary N) is 1. The Bertz CT molecular complexity index is 340. The lowest BCUT2D eigenvalue weighted by Gasteiger charge is -2.26. The van der Waals surface area contributed by atoms with E-state index in [9.17, 15) is 13.2 Å². The van der Waals surface area contributed by atoms with E-state index < -0.39 is 15.3 Å². The van der Waals surface area contributed by atoms with Crippen LogP contribution < -0.4 is 5.32 Å². The van der Waals surface area contributed by atoms with Crippen molar-refractivity contribution in [1.29, 1.82) is 0 Å². The normalized spacial score (nSPS) is 25.9. The summed E-state index contributed by atoms with van der Waals surface area (Å²) in [5, 5.41) is 2.80. The second kappa shape index (κ2) is 4.12. The molecule has 88 valence electrons. The minimum atomic E-state index is -2.94. The van der Waals surface area contributed by atoms with Crippen molar-refractivity contribution in [2.24, 2.45) is 5.41 Å². The first kappa shape index (κ1) is 12.5. The predicted octanol–water partition coefficient (Wildman–Crippen LogP) is 0.726. The average molecular weight is 233 g/mol. The average Bonchev–Trinajstić information content (AvgIpc) is 2.00.